The Morgan fingerprint density at radius 2 is 2.06 bits per heavy atom. The van der Waals surface area contributed by atoms with Crippen LogP contribution in [-0.2, 0) is 0 Å². The largest absolute Gasteiger partial charge is 0.390 e. The van der Waals surface area contributed by atoms with Gasteiger partial charge in [0.2, 0.25) is 0 Å². The van der Waals surface area contributed by atoms with Gasteiger partial charge in [-0.1, -0.05) is 13.8 Å². The molecule has 1 aliphatic heterocycles. The summed E-state index contributed by atoms with van der Waals surface area (Å²) >= 11 is 0. The molecular weight excluding hydrogens is 226 g/mol. The number of hydrogen-bond donors (Lipinski definition) is 3. The Morgan fingerprint density at radius 3 is 2.67 bits per heavy atom. The summed E-state index contributed by atoms with van der Waals surface area (Å²) in [6.07, 6.45) is 4.86. The Balaban J connectivity index is 2.30. The highest BCUT2D eigenvalue weighted by Crippen LogP contribution is 2.24. The minimum absolute atomic E-state index is 0.183. The molecule has 4 N–H and O–H groups in total. The maximum absolute atomic E-state index is 10.0. The van der Waals surface area contributed by atoms with Gasteiger partial charge in [0.1, 0.15) is 0 Å². The summed E-state index contributed by atoms with van der Waals surface area (Å²) in [4.78, 5) is 2.43. The van der Waals surface area contributed by atoms with Crippen LogP contribution in [0.5, 0.6) is 0 Å². The summed E-state index contributed by atoms with van der Waals surface area (Å²) in [6, 6.07) is 0. The molecule has 1 aliphatic rings. The number of nitrogens with zero attached hydrogens (tertiary/aromatic N) is 1. The highest BCUT2D eigenvalue weighted by molar-refractivity contribution is 5.82. The lowest BCUT2D eigenvalue weighted by Gasteiger charge is -2.26. The quantitative estimate of drug-likeness (QED) is 0.519. The second-order valence-corrected chi connectivity index (χ2v) is 6.59. The highest BCUT2D eigenvalue weighted by Gasteiger charge is 2.25. The lowest BCUT2D eigenvalue weighted by Crippen LogP contribution is -2.33. The Kier molecular flexibility index (Phi) is 5.17. The Hall–Kier alpha value is -0.610. The van der Waals surface area contributed by atoms with E-state index in [0.717, 1.165) is 51.7 Å². The van der Waals surface area contributed by atoms with Crippen LogP contribution in [0.3, 0.4) is 0 Å². The van der Waals surface area contributed by atoms with Crippen molar-refractivity contribution in [1.29, 1.82) is 5.41 Å². The van der Waals surface area contributed by atoms with Crippen molar-refractivity contribution >= 4 is 5.84 Å². The molecule has 106 valence electrons. The van der Waals surface area contributed by atoms with Crippen LogP contribution in [0.4, 0.5) is 0 Å². The van der Waals surface area contributed by atoms with Crippen LogP contribution < -0.4 is 5.73 Å². The predicted octanol–water partition coefficient (Wildman–Crippen LogP) is 1.97. The highest BCUT2D eigenvalue weighted by atomic mass is 16.3. The van der Waals surface area contributed by atoms with Crippen LogP contribution in [0.15, 0.2) is 0 Å². The molecule has 1 unspecified atom stereocenters. The summed E-state index contributed by atoms with van der Waals surface area (Å²) in [5.41, 5.74) is 4.92. The van der Waals surface area contributed by atoms with Gasteiger partial charge in [0.15, 0.2) is 0 Å². The fourth-order valence-electron chi connectivity index (χ4n) is 2.42. The predicted molar refractivity (Wildman–Crippen MR) is 75.8 cm³/mol. The van der Waals surface area contributed by atoms with Gasteiger partial charge in [-0.15, -0.1) is 0 Å². The molecule has 0 aromatic heterocycles. The fourth-order valence-corrected chi connectivity index (χ4v) is 2.42. The van der Waals surface area contributed by atoms with Crippen LogP contribution in [-0.4, -0.2) is 41.1 Å². The van der Waals surface area contributed by atoms with E-state index in [1.165, 1.54) is 0 Å². The second-order valence-electron chi connectivity index (χ2n) is 6.59. The van der Waals surface area contributed by atoms with Gasteiger partial charge in [-0.25, -0.2) is 0 Å². The van der Waals surface area contributed by atoms with Crippen molar-refractivity contribution in [3.05, 3.63) is 0 Å². The van der Waals surface area contributed by atoms with E-state index in [-0.39, 0.29) is 11.3 Å². The van der Waals surface area contributed by atoms with E-state index >= 15 is 0 Å². The molecule has 1 atom stereocenters. The van der Waals surface area contributed by atoms with Gasteiger partial charge >= 0.3 is 0 Å². The lowest BCUT2D eigenvalue weighted by atomic mass is 9.86. The van der Waals surface area contributed by atoms with Crippen molar-refractivity contribution in [3.8, 4) is 0 Å². The van der Waals surface area contributed by atoms with Gasteiger partial charge in [0, 0.05) is 12.0 Å². The van der Waals surface area contributed by atoms with Crippen molar-refractivity contribution in [1.82, 2.24) is 4.90 Å². The summed E-state index contributed by atoms with van der Waals surface area (Å²) in [5, 5.41) is 17.6. The normalized spacial score (nSPS) is 26.9. The van der Waals surface area contributed by atoms with Crippen molar-refractivity contribution in [2.75, 3.05) is 19.6 Å². The molecule has 18 heavy (non-hydrogen) atoms. The molecule has 0 amide bonds. The van der Waals surface area contributed by atoms with Crippen LogP contribution in [0.1, 0.15) is 52.9 Å². The zero-order valence-electron chi connectivity index (χ0n) is 12.1. The summed E-state index contributed by atoms with van der Waals surface area (Å²) in [6.45, 7) is 9.11. The molecule has 1 rings (SSSR count). The van der Waals surface area contributed by atoms with Crippen LogP contribution in [0.25, 0.3) is 0 Å². The van der Waals surface area contributed by atoms with E-state index in [4.69, 9.17) is 11.1 Å². The van der Waals surface area contributed by atoms with Gasteiger partial charge < -0.3 is 15.7 Å². The standard InChI is InChI=1S/C14H29N3O/c1-13(2,12(15)16)6-4-9-17-10-5-7-14(3,18)8-11-17/h18H,4-11H2,1-3H3,(H3,15,16). The maximum atomic E-state index is 10.0. The van der Waals surface area contributed by atoms with E-state index in [2.05, 4.69) is 4.90 Å². The molecule has 4 nitrogen and oxygen atoms in total. The number of rotatable bonds is 5. The average molecular weight is 255 g/mol. The summed E-state index contributed by atoms with van der Waals surface area (Å²) in [7, 11) is 0. The SMILES string of the molecule is CC1(O)CCCN(CCCC(C)(C)C(=N)N)CC1. The van der Waals surface area contributed by atoms with E-state index in [1.54, 1.807) is 0 Å². The third kappa shape index (κ3) is 4.94. The minimum atomic E-state index is -0.479. The summed E-state index contributed by atoms with van der Waals surface area (Å²) < 4.78 is 0. The number of likely N-dealkylation sites (tertiary alicyclic amines) is 1. The molecule has 0 bridgehead atoms. The molecule has 0 aromatic rings. The molecule has 0 spiro atoms. The molecule has 0 saturated carbocycles. The average Bonchev–Trinajstić information content (AvgIpc) is 2.40. The van der Waals surface area contributed by atoms with Crippen molar-refractivity contribution in [2.45, 2.75) is 58.5 Å². The number of nitrogens with one attached hydrogen (secondary N) is 1. The summed E-state index contributed by atoms with van der Waals surface area (Å²) in [5.74, 6) is 0.279. The van der Waals surface area contributed by atoms with Crippen molar-refractivity contribution < 1.29 is 5.11 Å². The van der Waals surface area contributed by atoms with E-state index in [1.807, 2.05) is 20.8 Å². The number of nitrogens with two attached hydrogens (primary N) is 1. The zero-order chi connectivity index (χ0) is 13.8. The Morgan fingerprint density at radius 1 is 1.39 bits per heavy atom. The monoisotopic (exact) mass is 255 g/mol. The first-order valence-corrected chi connectivity index (χ1v) is 7.02. The topological polar surface area (TPSA) is 73.3 Å². The third-order valence-corrected chi connectivity index (χ3v) is 4.16. The number of hydrogen-bond acceptors (Lipinski definition) is 3. The molecule has 4 heteroatoms. The van der Waals surface area contributed by atoms with Crippen LogP contribution >= 0.6 is 0 Å². The Labute approximate surface area is 111 Å². The van der Waals surface area contributed by atoms with E-state index in [0.29, 0.717) is 0 Å². The molecule has 0 aliphatic carbocycles. The first-order chi connectivity index (χ1) is 8.23. The second kappa shape index (κ2) is 6.02. The molecule has 1 fully saturated rings. The van der Waals surface area contributed by atoms with Gasteiger partial charge in [-0.3, -0.25) is 5.41 Å². The molecule has 0 aromatic carbocycles. The van der Waals surface area contributed by atoms with Crippen LogP contribution in [0, 0.1) is 10.8 Å². The van der Waals surface area contributed by atoms with Crippen LogP contribution in [0.2, 0.25) is 0 Å². The smallest absolute Gasteiger partial charge is 0.0963 e. The third-order valence-electron chi connectivity index (χ3n) is 4.16. The minimum Gasteiger partial charge on any atom is -0.390 e. The van der Waals surface area contributed by atoms with Gasteiger partial charge in [-0.05, 0) is 52.1 Å². The number of amidine groups is 1. The molecule has 0 radical (unpaired) electrons. The fraction of sp³-hybridized carbons (Fsp3) is 0.929. The lowest BCUT2D eigenvalue weighted by molar-refractivity contribution is 0.0446. The van der Waals surface area contributed by atoms with Gasteiger partial charge in [0.05, 0.1) is 11.4 Å². The Bertz CT molecular complexity index is 287. The first kappa shape index (κ1) is 15.4. The van der Waals surface area contributed by atoms with Crippen molar-refractivity contribution in [2.24, 2.45) is 11.1 Å². The van der Waals surface area contributed by atoms with Gasteiger partial charge in [-0.2, -0.15) is 0 Å². The van der Waals surface area contributed by atoms with E-state index < -0.39 is 5.60 Å². The van der Waals surface area contributed by atoms with Gasteiger partial charge in [0.25, 0.3) is 0 Å². The maximum Gasteiger partial charge on any atom is 0.0963 e. The van der Waals surface area contributed by atoms with E-state index in [9.17, 15) is 5.11 Å². The number of aliphatic hydroxyl groups is 1. The first-order valence-electron chi connectivity index (χ1n) is 7.02. The zero-order valence-corrected chi connectivity index (χ0v) is 12.1. The van der Waals surface area contributed by atoms with Crippen molar-refractivity contribution in [3.63, 3.8) is 0 Å². The molecular formula is C14H29N3O. The molecule has 1 saturated heterocycles. The molecule has 1 heterocycles.